The van der Waals surface area contributed by atoms with Gasteiger partial charge < -0.3 is 10.1 Å². The van der Waals surface area contributed by atoms with Crippen LogP contribution in [-0.2, 0) is 4.74 Å². The summed E-state index contributed by atoms with van der Waals surface area (Å²) in [7, 11) is 1.86. The minimum atomic E-state index is 0.414. The number of hydrogen-bond acceptors (Lipinski definition) is 2. The van der Waals surface area contributed by atoms with E-state index in [1.165, 1.54) is 44.9 Å². The van der Waals surface area contributed by atoms with E-state index in [1.54, 1.807) is 0 Å². The topological polar surface area (TPSA) is 21.3 Å². The lowest BCUT2D eigenvalue weighted by Gasteiger charge is -2.34. The summed E-state index contributed by atoms with van der Waals surface area (Å²) >= 11 is 0. The van der Waals surface area contributed by atoms with Gasteiger partial charge in [0.15, 0.2) is 0 Å². The van der Waals surface area contributed by atoms with Crippen LogP contribution < -0.4 is 5.32 Å². The van der Waals surface area contributed by atoms with E-state index in [0.717, 1.165) is 12.5 Å². The third-order valence-corrected chi connectivity index (χ3v) is 3.79. The SMILES string of the molecule is CCCNC(CC1CCC1)C(CCC)OC. The van der Waals surface area contributed by atoms with Crippen molar-refractivity contribution in [2.75, 3.05) is 13.7 Å². The van der Waals surface area contributed by atoms with Gasteiger partial charge in [-0.3, -0.25) is 0 Å². The van der Waals surface area contributed by atoms with Crippen LogP contribution >= 0.6 is 0 Å². The Kier molecular flexibility index (Phi) is 7.06. The molecule has 1 fully saturated rings. The van der Waals surface area contributed by atoms with Crippen molar-refractivity contribution in [3.05, 3.63) is 0 Å². The molecule has 2 atom stereocenters. The fourth-order valence-corrected chi connectivity index (χ4v) is 2.55. The van der Waals surface area contributed by atoms with Gasteiger partial charge in [0.1, 0.15) is 0 Å². The molecule has 0 aromatic rings. The monoisotopic (exact) mass is 227 g/mol. The molecule has 1 aliphatic carbocycles. The lowest BCUT2D eigenvalue weighted by atomic mass is 9.79. The molecule has 2 unspecified atom stereocenters. The van der Waals surface area contributed by atoms with Gasteiger partial charge in [-0.25, -0.2) is 0 Å². The quantitative estimate of drug-likeness (QED) is 0.652. The van der Waals surface area contributed by atoms with Crippen LogP contribution in [-0.4, -0.2) is 25.8 Å². The van der Waals surface area contributed by atoms with Crippen molar-refractivity contribution >= 4 is 0 Å². The molecule has 0 heterocycles. The second-order valence-electron chi connectivity index (χ2n) is 5.16. The van der Waals surface area contributed by atoms with Gasteiger partial charge in [0.05, 0.1) is 6.10 Å². The maximum Gasteiger partial charge on any atom is 0.0724 e. The van der Waals surface area contributed by atoms with Crippen molar-refractivity contribution in [1.82, 2.24) is 5.32 Å². The molecule has 0 radical (unpaired) electrons. The highest BCUT2D eigenvalue weighted by Gasteiger charge is 2.26. The normalized spacial score (nSPS) is 20.4. The van der Waals surface area contributed by atoms with E-state index in [0.29, 0.717) is 12.1 Å². The molecular formula is C14H29NO. The fraction of sp³-hybridized carbons (Fsp3) is 1.00. The smallest absolute Gasteiger partial charge is 0.0724 e. The maximum absolute atomic E-state index is 5.66. The molecule has 1 aliphatic rings. The molecule has 1 N–H and O–H groups in total. The van der Waals surface area contributed by atoms with Crippen LogP contribution in [0.4, 0.5) is 0 Å². The third kappa shape index (κ3) is 4.42. The number of methoxy groups -OCH3 is 1. The number of ether oxygens (including phenoxy) is 1. The molecule has 0 saturated heterocycles. The van der Waals surface area contributed by atoms with E-state index < -0.39 is 0 Å². The Morgan fingerprint density at radius 3 is 2.44 bits per heavy atom. The number of rotatable bonds is 9. The number of hydrogen-bond donors (Lipinski definition) is 1. The van der Waals surface area contributed by atoms with E-state index in [2.05, 4.69) is 19.2 Å². The highest BCUT2D eigenvalue weighted by atomic mass is 16.5. The molecule has 1 rings (SSSR count). The largest absolute Gasteiger partial charge is 0.380 e. The first-order valence-corrected chi connectivity index (χ1v) is 7.07. The molecular weight excluding hydrogens is 198 g/mol. The Bertz CT molecular complexity index is 168. The first-order chi connectivity index (χ1) is 7.81. The van der Waals surface area contributed by atoms with Crippen LogP contribution in [0.1, 0.15) is 58.8 Å². The van der Waals surface area contributed by atoms with Crippen molar-refractivity contribution in [2.24, 2.45) is 5.92 Å². The minimum Gasteiger partial charge on any atom is -0.380 e. The predicted octanol–water partition coefficient (Wildman–Crippen LogP) is 3.36. The molecule has 1 saturated carbocycles. The molecule has 0 aromatic carbocycles. The van der Waals surface area contributed by atoms with Crippen molar-refractivity contribution in [2.45, 2.75) is 70.9 Å². The van der Waals surface area contributed by atoms with Crippen LogP contribution in [0.3, 0.4) is 0 Å². The van der Waals surface area contributed by atoms with E-state index in [4.69, 9.17) is 4.74 Å². The highest BCUT2D eigenvalue weighted by Crippen LogP contribution is 2.31. The summed E-state index contributed by atoms with van der Waals surface area (Å²) in [6, 6.07) is 0.579. The maximum atomic E-state index is 5.66. The predicted molar refractivity (Wildman–Crippen MR) is 69.7 cm³/mol. The number of nitrogens with one attached hydrogen (secondary N) is 1. The molecule has 0 spiro atoms. The molecule has 0 aliphatic heterocycles. The third-order valence-electron chi connectivity index (χ3n) is 3.79. The summed E-state index contributed by atoms with van der Waals surface area (Å²) < 4.78 is 5.66. The zero-order chi connectivity index (χ0) is 11.8. The zero-order valence-electron chi connectivity index (χ0n) is 11.3. The summed E-state index contributed by atoms with van der Waals surface area (Å²) in [6.45, 7) is 5.60. The van der Waals surface area contributed by atoms with E-state index >= 15 is 0 Å². The second kappa shape index (κ2) is 8.08. The summed E-state index contributed by atoms with van der Waals surface area (Å²) in [4.78, 5) is 0. The van der Waals surface area contributed by atoms with E-state index in [9.17, 15) is 0 Å². The average Bonchev–Trinajstić information content (AvgIpc) is 2.24. The molecule has 16 heavy (non-hydrogen) atoms. The van der Waals surface area contributed by atoms with Crippen molar-refractivity contribution < 1.29 is 4.74 Å². The Labute approximate surface area is 101 Å². The standard InChI is InChI=1S/C14H29NO/c1-4-7-14(16-3)13(15-10-5-2)11-12-8-6-9-12/h12-15H,4-11H2,1-3H3. The average molecular weight is 227 g/mol. The highest BCUT2D eigenvalue weighted by molar-refractivity contribution is 4.82. The van der Waals surface area contributed by atoms with Gasteiger partial charge in [-0.2, -0.15) is 0 Å². The zero-order valence-corrected chi connectivity index (χ0v) is 11.3. The van der Waals surface area contributed by atoms with Crippen LogP contribution in [0.25, 0.3) is 0 Å². The molecule has 96 valence electrons. The second-order valence-corrected chi connectivity index (χ2v) is 5.16. The van der Waals surface area contributed by atoms with Gasteiger partial charge in [0, 0.05) is 13.2 Å². The molecule has 0 aromatic heterocycles. The molecule has 2 nitrogen and oxygen atoms in total. The summed E-state index contributed by atoms with van der Waals surface area (Å²) in [5.41, 5.74) is 0. The first kappa shape index (κ1) is 14.0. The molecule has 2 heteroatoms. The Hall–Kier alpha value is -0.0800. The Morgan fingerprint density at radius 1 is 1.25 bits per heavy atom. The van der Waals surface area contributed by atoms with E-state index in [-0.39, 0.29) is 0 Å². The van der Waals surface area contributed by atoms with Gasteiger partial charge in [0.25, 0.3) is 0 Å². The van der Waals surface area contributed by atoms with Crippen molar-refractivity contribution in [3.8, 4) is 0 Å². The van der Waals surface area contributed by atoms with Crippen molar-refractivity contribution in [1.29, 1.82) is 0 Å². The Morgan fingerprint density at radius 2 is 2.00 bits per heavy atom. The van der Waals surface area contributed by atoms with Crippen LogP contribution in [0.5, 0.6) is 0 Å². The van der Waals surface area contributed by atoms with Gasteiger partial charge in [-0.15, -0.1) is 0 Å². The molecule has 0 amide bonds. The van der Waals surface area contributed by atoms with Crippen LogP contribution in [0, 0.1) is 5.92 Å². The lowest BCUT2D eigenvalue weighted by molar-refractivity contribution is 0.0471. The lowest BCUT2D eigenvalue weighted by Crippen LogP contribution is -2.43. The van der Waals surface area contributed by atoms with Crippen molar-refractivity contribution in [3.63, 3.8) is 0 Å². The Balaban J connectivity index is 2.38. The van der Waals surface area contributed by atoms with Gasteiger partial charge >= 0.3 is 0 Å². The van der Waals surface area contributed by atoms with Crippen LogP contribution in [0.2, 0.25) is 0 Å². The first-order valence-electron chi connectivity index (χ1n) is 7.07. The van der Waals surface area contributed by atoms with E-state index in [1.807, 2.05) is 7.11 Å². The van der Waals surface area contributed by atoms with Crippen LogP contribution in [0.15, 0.2) is 0 Å². The molecule has 0 bridgehead atoms. The summed E-state index contributed by atoms with van der Waals surface area (Å²) in [5, 5.41) is 3.68. The van der Waals surface area contributed by atoms with Gasteiger partial charge in [-0.1, -0.05) is 39.5 Å². The minimum absolute atomic E-state index is 0.414. The fourth-order valence-electron chi connectivity index (χ4n) is 2.55. The summed E-state index contributed by atoms with van der Waals surface area (Å²) in [5.74, 6) is 0.962. The van der Waals surface area contributed by atoms with Gasteiger partial charge in [-0.05, 0) is 31.7 Å². The van der Waals surface area contributed by atoms with Gasteiger partial charge in [0.2, 0.25) is 0 Å². The summed E-state index contributed by atoms with van der Waals surface area (Å²) in [6.07, 6.45) is 9.66.